The molecule has 1 aromatic heterocycles. The lowest BCUT2D eigenvalue weighted by atomic mass is 9.77. The number of hydrogen-bond donors (Lipinski definition) is 1. The van der Waals surface area contributed by atoms with Crippen LogP contribution >= 0.6 is 11.3 Å². The minimum atomic E-state index is -0.835. The van der Waals surface area contributed by atoms with Gasteiger partial charge in [0, 0.05) is 0 Å². The summed E-state index contributed by atoms with van der Waals surface area (Å²) in [5.74, 6) is 0.371. The van der Waals surface area contributed by atoms with E-state index >= 15 is 0 Å². The number of carbonyl (C=O) groups excluding carboxylic acids is 3. The van der Waals surface area contributed by atoms with E-state index in [-0.39, 0.29) is 11.7 Å². The average Bonchev–Trinajstić information content (AvgIpc) is 3.38. The molecule has 2 aromatic rings. The lowest BCUT2D eigenvalue weighted by Crippen LogP contribution is -2.49. The first-order valence-electron chi connectivity index (χ1n) is 10.1. The summed E-state index contributed by atoms with van der Waals surface area (Å²) < 4.78 is 10.7. The zero-order valence-electron chi connectivity index (χ0n) is 17.3. The van der Waals surface area contributed by atoms with Gasteiger partial charge in [0.15, 0.2) is 11.5 Å². The predicted molar refractivity (Wildman–Crippen MR) is 116 cm³/mol. The molecule has 2 heterocycles. The number of urea groups is 1. The van der Waals surface area contributed by atoms with Gasteiger partial charge in [-0.05, 0) is 66.8 Å². The standard InChI is InChI=1S/C22H23N3O5S/c1-14-7-9-22(10-8-14)20(27)25(21(28)24-22)23-13-15-5-6-16(17(12-15)29-2)30-19(26)18-4-3-11-31-18/h3-6,11-14H,7-10H2,1-2H3,(H,24,28)/b23-13+. The molecule has 1 N–H and O–H groups in total. The summed E-state index contributed by atoms with van der Waals surface area (Å²) in [5.41, 5.74) is -0.245. The van der Waals surface area contributed by atoms with E-state index in [4.69, 9.17) is 9.47 Å². The number of benzene rings is 1. The second-order valence-corrected chi connectivity index (χ2v) is 8.78. The molecule has 31 heavy (non-hydrogen) atoms. The van der Waals surface area contributed by atoms with Crippen LogP contribution in [0.15, 0.2) is 40.8 Å². The van der Waals surface area contributed by atoms with Gasteiger partial charge in [0.25, 0.3) is 5.91 Å². The molecule has 0 radical (unpaired) electrons. The van der Waals surface area contributed by atoms with E-state index in [0.717, 1.165) is 17.9 Å². The SMILES string of the molecule is COc1cc(/C=N/N2C(=O)NC3(CCC(C)CC3)C2=O)ccc1OC(=O)c1cccs1. The molecular formula is C22H23N3O5S. The molecule has 2 aliphatic rings. The smallest absolute Gasteiger partial charge is 0.353 e. The Morgan fingerprint density at radius 1 is 1.26 bits per heavy atom. The highest BCUT2D eigenvalue weighted by atomic mass is 32.1. The third kappa shape index (κ3) is 4.18. The monoisotopic (exact) mass is 441 g/mol. The van der Waals surface area contributed by atoms with Crippen LogP contribution in [0.4, 0.5) is 4.79 Å². The second-order valence-electron chi connectivity index (χ2n) is 7.83. The Hall–Kier alpha value is -3.20. The molecule has 1 aromatic carbocycles. The van der Waals surface area contributed by atoms with Gasteiger partial charge in [0.2, 0.25) is 0 Å². The molecule has 8 nitrogen and oxygen atoms in total. The van der Waals surface area contributed by atoms with Crippen molar-refractivity contribution in [2.24, 2.45) is 11.0 Å². The minimum absolute atomic E-state index is 0.267. The number of esters is 1. The number of hydrogen-bond acceptors (Lipinski definition) is 7. The van der Waals surface area contributed by atoms with E-state index in [0.29, 0.717) is 34.9 Å². The Balaban J connectivity index is 1.48. The number of nitrogens with zero attached hydrogens (tertiary/aromatic N) is 2. The molecule has 0 bridgehead atoms. The zero-order valence-corrected chi connectivity index (χ0v) is 18.1. The van der Waals surface area contributed by atoms with E-state index in [1.54, 1.807) is 35.7 Å². The number of ether oxygens (including phenoxy) is 2. The van der Waals surface area contributed by atoms with Gasteiger partial charge in [-0.1, -0.05) is 13.0 Å². The number of thiophene rings is 1. The van der Waals surface area contributed by atoms with Crippen LogP contribution in [-0.4, -0.2) is 41.8 Å². The van der Waals surface area contributed by atoms with Crippen molar-refractivity contribution in [3.8, 4) is 11.5 Å². The number of hydrazone groups is 1. The molecule has 1 aliphatic carbocycles. The van der Waals surface area contributed by atoms with Crippen LogP contribution in [-0.2, 0) is 4.79 Å². The Labute approximate surface area is 183 Å². The van der Waals surface area contributed by atoms with Crippen molar-refractivity contribution in [1.29, 1.82) is 0 Å². The number of methoxy groups -OCH3 is 1. The first-order chi connectivity index (χ1) is 14.9. The normalized spacial score (nSPS) is 23.4. The summed E-state index contributed by atoms with van der Waals surface area (Å²) in [6.45, 7) is 2.15. The molecule has 3 amide bonds. The molecule has 9 heteroatoms. The maximum Gasteiger partial charge on any atom is 0.353 e. The molecular weight excluding hydrogens is 418 g/mol. The van der Waals surface area contributed by atoms with E-state index in [2.05, 4.69) is 17.3 Å². The van der Waals surface area contributed by atoms with Crippen LogP contribution in [0, 0.1) is 5.92 Å². The highest BCUT2D eigenvalue weighted by Gasteiger charge is 2.52. The van der Waals surface area contributed by atoms with E-state index in [9.17, 15) is 14.4 Å². The minimum Gasteiger partial charge on any atom is -0.493 e. The van der Waals surface area contributed by atoms with Gasteiger partial charge >= 0.3 is 12.0 Å². The highest BCUT2D eigenvalue weighted by molar-refractivity contribution is 7.12. The average molecular weight is 442 g/mol. The molecule has 162 valence electrons. The zero-order chi connectivity index (χ0) is 22.0. The van der Waals surface area contributed by atoms with Crippen LogP contribution in [0.25, 0.3) is 0 Å². The van der Waals surface area contributed by atoms with Gasteiger partial charge in [-0.15, -0.1) is 16.3 Å². The summed E-state index contributed by atoms with van der Waals surface area (Å²) in [4.78, 5) is 37.9. The maximum absolute atomic E-state index is 12.9. The summed E-state index contributed by atoms with van der Waals surface area (Å²) in [6.07, 6.45) is 4.46. The van der Waals surface area contributed by atoms with E-state index in [1.807, 2.05) is 0 Å². The van der Waals surface area contributed by atoms with E-state index < -0.39 is 17.5 Å². The van der Waals surface area contributed by atoms with Gasteiger partial charge in [0.05, 0.1) is 13.3 Å². The lowest BCUT2D eigenvalue weighted by molar-refractivity contribution is -0.132. The summed E-state index contributed by atoms with van der Waals surface area (Å²) in [7, 11) is 1.46. The summed E-state index contributed by atoms with van der Waals surface area (Å²) >= 11 is 1.29. The number of amides is 3. The van der Waals surface area contributed by atoms with Gasteiger partial charge in [-0.3, -0.25) is 4.79 Å². The summed E-state index contributed by atoms with van der Waals surface area (Å²) in [6, 6.07) is 7.81. The predicted octanol–water partition coefficient (Wildman–Crippen LogP) is 3.81. The second kappa shape index (κ2) is 8.50. The van der Waals surface area contributed by atoms with Crippen molar-refractivity contribution in [3.05, 3.63) is 46.2 Å². The number of rotatable bonds is 5. The largest absolute Gasteiger partial charge is 0.493 e. The Bertz CT molecular complexity index is 1030. The fourth-order valence-electron chi connectivity index (χ4n) is 3.82. The lowest BCUT2D eigenvalue weighted by Gasteiger charge is -2.33. The Morgan fingerprint density at radius 3 is 2.71 bits per heavy atom. The maximum atomic E-state index is 12.9. The molecule has 1 saturated heterocycles. The van der Waals surface area contributed by atoms with Crippen LogP contribution in [0.2, 0.25) is 0 Å². The third-order valence-corrected chi connectivity index (χ3v) is 6.55. The molecule has 1 saturated carbocycles. The van der Waals surface area contributed by atoms with Gasteiger partial charge < -0.3 is 14.8 Å². The van der Waals surface area contributed by atoms with Crippen molar-refractivity contribution < 1.29 is 23.9 Å². The first kappa shape index (κ1) is 21.0. The molecule has 4 rings (SSSR count). The van der Waals surface area contributed by atoms with Crippen LogP contribution < -0.4 is 14.8 Å². The third-order valence-electron chi connectivity index (χ3n) is 5.70. The molecule has 0 atom stereocenters. The van der Waals surface area contributed by atoms with Gasteiger partial charge in [-0.2, -0.15) is 5.10 Å². The highest BCUT2D eigenvalue weighted by Crippen LogP contribution is 2.36. The summed E-state index contributed by atoms with van der Waals surface area (Å²) in [5, 5.41) is 9.64. The number of imide groups is 1. The van der Waals surface area contributed by atoms with Crippen LogP contribution in [0.1, 0.15) is 47.8 Å². The van der Waals surface area contributed by atoms with Crippen molar-refractivity contribution in [2.45, 2.75) is 38.1 Å². The van der Waals surface area contributed by atoms with Crippen LogP contribution in [0.3, 0.4) is 0 Å². The number of carbonyl (C=O) groups is 3. The fraction of sp³-hybridized carbons (Fsp3) is 0.364. The van der Waals surface area contributed by atoms with Crippen molar-refractivity contribution in [2.75, 3.05) is 7.11 Å². The van der Waals surface area contributed by atoms with Gasteiger partial charge in [-0.25, -0.2) is 9.59 Å². The first-order valence-corrected chi connectivity index (χ1v) is 10.9. The van der Waals surface area contributed by atoms with Gasteiger partial charge in [0.1, 0.15) is 10.4 Å². The molecule has 1 aliphatic heterocycles. The molecule has 0 unspecified atom stereocenters. The van der Waals surface area contributed by atoms with Crippen molar-refractivity contribution >= 4 is 35.5 Å². The molecule has 2 fully saturated rings. The topological polar surface area (TPSA) is 97.3 Å². The Kier molecular flexibility index (Phi) is 5.77. The van der Waals surface area contributed by atoms with Crippen molar-refractivity contribution in [3.63, 3.8) is 0 Å². The quantitative estimate of drug-likeness (QED) is 0.329. The fourth-order valence-corrected chi connectivity index (χ4v) is 4.42. The molecule has 1 spiro atoms. The van der Waals surface area contributed by atoms with Crippen LogP contribution in [0.5, 0.6) is 11.5 Å². The number of nitrogens with one attached hydrogen (secondary N) is 1. The van der Waals surface area contributed by atoms with Crippen molar-refractivity contribution in [1.82, 2.24) is 10.3 Å². The Morgan fingerprint density at radius 2 is 2.03 bits per heavy atom. The van der Waals surface area contributed by atoms with E-state index in [1.165, 1.54) is 24.7 Å².